The number of rotatable bonds is 9. The van der Waals surface area contributed by atoms with Crippen molar-refractivity contribution in [1.29, 1.82) is 5.26 Å². The summed E-state index contributed by atoms with van der Waals surface area (Å²) < 4.78 is 5.75. The van der Waals surface area contributed by atoms with E-state index in [1.807, 2.05) is 18.2 Å². The van der Waals surface area contributed by atoms with Gasteiger partial charge in [-0.05, 0) is 72.5 Å². The van der Waals surface area contributed by atoms with Crippen molar-refractivity contribution in [3.05, 3.63) is 93.0 Å². The van der Waals surface area contributed by atoms with Gasteiger partial charge in [0.15, 0.2) is 5.78 Å². The molecule has 3 aromatic rings. The van der Waals surface area contributed by atoms with E-state index in [9.17, 15) is 14.9 Å². The minimum Gasteiger partial charge on any atom is -0.481 e. The van der Waals surface area contributed by atoms with Crippen LogP contribution in [0.5, 0.6) is 11.5 Å². The lowest BCUT2D eigenvalue weighted by molar-refractivity contribution is -0.136. The van der Waals surface area contributed by atoms with Crippen molar-refractivity contribution in [3.8, 4) is 17.6 Å². The van der Waals surface area contributed by atoms with E-state index in [2.05, 4.69) is 0 Å². The Balaban J connectivity index is 1.58. The molecular weight excluding hydrogens is 449 g/mol. The van der Waals surface area contributed by atoms with Crippen LogP contribution >= 0.6 is 23.2 Å². The average Bonchev–Trinajstić information content (AvgIpc) is 2.77. The fourth-order valence-corrected chi connectivity index (χ4v) is 3.49. The van der Waals surface area contributed by atoms with E-state index in [0.717, 1.165) is 12.0 Å². The van der Waals surface area contributed by atoms with Crippen molar-refractivity contribution in [2.45, 2.75) is 25.7 Å². The number of ketones is 1. The van der Waals surface area contributed by atoms with Gasteiger partial charge in [0.1, 0.15) is 17.6 Å². The van der Waals surface area contributed by atoms with Gasteiger partial charge in [0.2, 0.25) is 0 Å². The summed E-state index contributed by atoms with van der Waals surface area (Å²) in [4.78, 5) is 23.3. The second-order valence-electron chi connectivity index (χ2n) is 7.16. The van der Waals surface area contributed by atoms with Crippen LogP contribution in [0.4, 0.5) is 0 Å². The van der Waals surface area contributed by atoms with E-state index < -0.39 is 5.97 Å². The third-order valence-corrected chi connectivity index (χ3v) is 5.52. The number of ether oxygens (including phenoxy) is 1. The number of hydrogen-bond acceptors (Lipinski definition) is 4. The Labute approximate surface area is 195 Å². The number of carboxylic acids is 1. The molecule has 0 unspecified atom stereocenters. The smallest absolute Gasteiger partial charge is 0.307 e. The molecule has 0 aliphatic rings. The Morgan fingerprint density at radius 2 is 1.66 bits per heavy atom. The number of carboxylic acid groups (broad SMARTS) is 1. The first-order valence-corrected chi connectivity index (χ1v) is 10.6. The Kier molecular flexibility index (Phi) is 7.88. The molecule has 7 heteroatoms. The summed E-state index contributed by atoms with van der Waals surface area (Å²) >= 11 is 11.9. The molecule has 162 valence electrons. The molecule has 0 aliphatic heterocycles. The quantitative estimate of drug-likeness (QED) is 0.363. The molecular formula is C25H19Cl2NO4. The lowest BCUT2D eigenvalue weighted by Crippen LogP contribution is -2.01. The van der Waals surface area contributed by atoms with Crippen molar-refractivity contribution in [2.75, 3.05) is 0 Å². The van der Waals surface area contributed by atoms with E-state index in [1.165, 1.54) is 6.07 Å². The molecule has 3 rings (SSSR count). The number of nitrogens with zero attached hydrogens (tertiary/aromatic N) is 1. The first-order valence-electron chi connectivity index (χ1n) is 9.85. The van der Waals surface area contributed by atoms with Crippen LogP contribution < -0.4 is 4.74 Å². The maximum absolute atomic E-state index is 12.5. The maximum Gasteiger partial charge on any atom is 0.307 e. The second-order valence-corrected chi connectivity index (χ2v) is 7.98. The van der Waals surface area contributed by atoms with Crippen LogP contribution in [0, 0.1) is 11.3 Å². The molecule has 0 atom stereocenters. The fraction of sp³-hybridized carbons (Fsp3) is 0.160. The van der Waals surface area contributed by atoms with E-state index in [0.29, 0.717) is 45.5 Å². The zero-order valence-corrected chi connectivity index (χ0v) is 18.5. The number of halogens is 2. The van der Waals surface area contributed by atoms with Crippen molar-refractivity contribution in [2.24, 2.45) is 0 Å². The zero-order valence-electron chi connectivity index (χ0n) is 17.0. The highest BCUT2D eigenvalue weighted by atomic mass is 35.5. The van der Waals surface area contributed by atoms with Crippen LogP contribution in [0.1, 0.15) is 39.9 Å². The average molecular weight is 468 g/mol. The molecule has 1 N–H and O–H groups in total. The number of carbonyl (C=O) groups is 2. The molecule has 5 nitrogen and oxygen atoms in total. The Morgan fingerprint density at radius 1 is 0.938 bits per heavy atom. The lowest BCUT2D eigenvalue weighted by Gasteiger charge is -2.09. The number of aliphatic carboxylic acids is 1. The summed E-state index contributed by atoms with van der Waals surface area (Å²) in [7, 11) is 0. The minimum atomic E-state index is -0.972. The van der Waals surface area contributed by atoms with E-state index in [1.54, 1.807) is 42.5 Å². The van der Waals surface area contributed by atoms with Crippen LogP contribution in [0.2, 0.25) is 10.0 Å². The van der Waals surface area contributed by atoms with E-state index in [4.69, 9.17) is 33.0 Å². The molecule has 3 aromatic carbocycles. The predicted molar refractivity (Wildman–Crippen MR) is 123 cm³/mol. The van der Waals surface area contributed by atoms with Gasteiger partial charge in [-0.3, -0.25) is 9.59 Å². The molecule has 0 saturated heterocycles. The van der Waals surface area contributed by atoms with Gasteiger partial charge in [0, 0.05) is 12.0 Å². The second kappa shape index (κ2) is 10.8. The molecule has 0 spiro atoms. The zero-order chi connectivity index (χ0) is 23.1. The Bertz CT molecular complexity index is 1180. The fourth-order valence-electron chi connectivity index (χ4n) is 3.17. The monoisotopic (exact) mass is 467 g/mol. The van der Waals surface area contributed by atoms with E-state index in [-0.39, 0.29) is 17.8 Å². The summed E-state index contributed by atoms with van der Waals surface area (Å²) in [5.41, 5.74) is 2.36. The molecule has 0 bridgehead atoms. The molecule has 32 heavy (non-hydrogen) atoms. The van der Waals surface area contributed by atoms with Gasteiger partial charge < -0.3 is 9.84 Å². The minimum absolute atomic E-state index is 0.0207. The molecule has 0 radical (unpaired) electrons. The molecule has 0 aliphatic carbocycles. The van der Waals surface area contributed by atoms with Crippen LogP contribution in [0.25, 0.3) is 0 Å². The van der Waals surface area contributed by atoms with Crippen LogP contribution in [-0.2, 0) is 17.6 Å². The third-order valence-electron chi connectivity index (χ3n) is 4.78. The normalized spacial score (nSPS) is 10.4. The number of carbonyl (C=O) groups excluding carboxylic acids is 1. The van der Waals surface area contributed by atoms with Gasteiger partial charge in [0.25, 0.3) is 0 Å². The summed E-state index contributed by atoms with van der Waals surface area (Å²) in [6.07, 6.45) is 1.63. The highest BCUT2D eigenvalue weighted by molar-refractivity contribution is 6.42. The van der Waals surface area contributed by atoms with Crippen LogP contribution in [0.3, 0.4) is 0 Å². The summed E-state index contributed by atoms with van der Waals surface area (Å²) in [5, 5.41) is 19.2. The van der Waals surface area contributed by atoms with Crippen molar-refractivity contribution >= 4 is 35.0 Å². The molecule has 0 aromatic heterocycles. The van der Waals surface area contributed by atoms with Crippen LogP contribution in [-0.4, -0.2) is 16.9 Å². The summed E-state index contributed by atoms with van der Waals surface area (Å²) in [6.45, 7) is 0. The predicted octanol–water partition coefficient (Wildman–Crippen LogP) is 6.49. The van der Waals surface area contributed by atoms with Crippen molar-refractivity contribution < 1.29 is 19.4 Å². The molecule has 0 amide bonds. The van der Waals surface area contributed by atoms with E-state index >= 15 is 0 Å². The maximum atomic E-state index is 12.5. The molecule has 0 saturated carbocycles. The Morgan fingerprint density at radius 3 is 2.31 bits per heavy atom. The lowest BCUT2D eigenvalue weighted by atomic mass is 10.0. The first kappa shape index (κ1) is 23.3. The van der Waals surface area contributed by atoms with Gasteiger partial charge >= 0.3 is 5.97 Å². The first-order chi connectivity index (χ1) is 15.4. The van der Waals surface area contributed by atoms with Gasteiger partial charge in [-0.2, -0.15) is 5.26 Å². The van der Waals surface area contributed by atoms with Crippen LogP contribution in [0.15, 0.2) is 60.7 Å². The number of hydrogen-bond donors (Lipinski definition) is 1. The molecule has 0 heterocycles. The topological polar surface area (TPSA) is 87.4 Å². The van der Waals surface area contributed by atoms with Gasteiger partial charge in [-0.15, -0.1) is 0 Å². The molecule has 0 fully saturated rings. The number of aryl methyl sites for hydroxylation is 1. The Hall–Kier alpha value is -3.33. The van der Waals surface area contributed by atoms with Gasteiger partial charge in [0.05, 0.1) is 22.0 Å². The standard InChI is InChI=1S/C25H19Cl2NO4/c26-21-10-4-16(13-22(21)27)2-1-3-23(29)18-6-8-20(9-7-18)32-24-11-5-17(14-25(30)31)12-19(24)15-28/h4-13H,1-3,14H2,(H,30,31). The van der Waals surface area contributed by atoms with Gasteiger partial charge in [-0.25, -0.2) is 0 Å². The summed E-state index contributed by atoms with van der Waals surface area (Å²) in [5.74, 6) is -0.158. The van der Waals surface area contributed by atoms with Gasteiger partial charge in [-0.1, -0.05) is 35.3 Å². The summed E-state index contributed by atoms with van der Waals surface area (Å²) in [6, 6.07) is 18.8. The van der Waals surface area contributed by atoms with Crippen molar-refractivity contribution in [1.82, 2.24) is 0 Å². The number of Topliss-reactive ketones (excluding diaryl/α,β-unsaturated/α-hetero) is 1. The SMILES string of the molecule is N#Cc1cc(CC(=O)O)ccc1Oc1ccc(C(=O)CCCc2ccc(Cl)c(Cl)c2)cc1. The number of nitriles is 1. The largest absolute Gasteiger partial charge is 0.481 e. The van der Waals surface area contributed by atoms with Crippen molar-refractivity contribution in [3.63, 3.8) is 0 Å². The highest BCUT2D eigenvalue weighted by Crippen LogP contribution is 2.27. The third kappa shape index (κ3) is 6.34. The highest BCUT2D eigenvalue weighted by Gasteiger charge is 2.10. The number of benzene rings is 3.